The zero-order valence-electron chi connectivity index (χ0n) is 6.40. The van der Waals surface area contributed by atoms with E-state index in [1.54, 1.807) is 13.0 Å². The van der Waals surface area contributed by atoms with Gasteiger partial charge in [0.25, 0.3) is 0 Å². The Kier molecular flexibility index (Phi) is 3.35. The molecule has 1 aromatic rings. The van der Waals surface area contributed by atoms with Gasteiger partial charge in [0.2, 0.25) is 0 Å². The molecule has 0 aliphatic rings. The predicted octanol–water partition coefficient (Wildman–Crippen LogP) is 3.64. The molecule has 12 heavy (non-hydrogen) atoms. The Morgan fingerprint density at radius 3 is 2.83 bits per heavy atom. The van der Waals surface area contributed by atoms with Crippen LogP contribution >= 0.6 is 27.5 Å². The van der Waals surface area contributed by atoms with E-state index in [1.165, 1.54) is 6.07 Å². The summed E-state index contributed by atoms with van der Waals surface area (Å²) in [7, 11) is 0. The molecular weight excluding hydrogens is 246 g/mol. The third kappa shape index (κ3) is 1.90. The Balaban J connectivity index is 3.14. The van der Waals surface area contributed by atoms with Gasteiger partial charge in [-0.1, -0.05) is 11.6 Å². The highest BCUT2D eigenvalue weighted by atomic mass is 79.9. The highest BCUT2D eigenvalue weighted by Gasteiger charge is 2.10. The van der Waals surface area contributed by atoms with Crippen LogP contribution in [0, 0.1) is 5.82 Å². The number of rotatable bonds is 2. The SMILES string of the molecule is CCOc1c(F)ccc(Br)c1Cl. The molecule has 0 spiro atoms. The van der Waals surface area contributed by atoms with Gasteiger partial charge in [0, 0.05) is 4.47 Å². The van der Waals surface area contributed by atoms with Gasteiger partial charge in [-0.25, -0.2) is 4.39 Å². The summed E-state index contributed by atoms with van der Waals surface area (Å²) in [5, 5.41) is 0.275. The first kappa shape index (κ1) is 9.81. The van der Waals surface area contributed by atoms with Gasteiger partial charge in [0.1, 0.15) is 0 Å². The normalized spacial score (nSPS) is 10.0. The monoisotopic (exact) mass is 252 g/mol. The first-order valence-electron chi connectivity index (χ1n) is 3.43. The molecule has 0 aromatic heterocycles. The number of benzene rings is 1. The van der Waals surface area contributed by atoms with Crippen LogP contribution in [0.4, 0.5) is 4.39 Å². The molecule has 4 heteroatoms. The molecule has 0 atom stereocenters. The lowest BCUT2D eigenvalue weighted by Crippen LogP contribution is -1.95. The van der Waals surface area contributed by atoms with E-state index in [1.807, 2.05) is 0 Å². The Hall–Kier alpha value is -0.280. The molecule has 0 amide bonds. The Labute approximate surface area is 83.6 Å². The van der Waals surface area contributed by atoms with Crippen molar-refractivity contribution in [1.29, 1.82) is 0 Å². The van der Waals surface area contributed by atoms with Crippen LogP contribution in [0.1, 0.15) is 6.92 Å². The topological polar surface area (TPSA) is 9.23 Å². The fourth-order valence-corrected chi connectivity index (χ4v) is 1.31. The van der Waals surface area contributed by atoms with E-state index in [0.29, 0.717) is 11.1 Å². The summed E-state index contributed by atoms with van der Waals surface area (Å²) in [5.41, 5.74) is 0. The summed E-state index contributed by atoms with van der Waals surface area (Å²) in [4.78, 5) is 0. The molecule has 0 heterocycles. The molecule has 66 valence electrons. The highest BCUT2D eigenvalue weighted by Crippen LogP contribution is 2.34. The van der Waals surface area contributed by atoms with Gasteiger partial charge >= 0.3 is 0 Å². The number of hydrogen-bond acceptors (Lipinski definition) is 1. The van der Waals surface area contributed by atoms with Crippen LogP contribution in [0.3, 0.4) is 0 Å². The minimum Gasteiger partial charge on any atom is -0.489 e. The van der Waals surface area contributed by atoms with Gasteiger partial charge < -0.3 is 4.74 Å². The Bertz CT molecular complexity index is 291. The number of ether oxygens (including phenoxy) is 1. The van der Waals surface area contributed by atoms with Crippen molar-refractivity contribution in [3.63, 3.8) is 0 Å². The lowest BCUT2D eigenvalue weighted by atomic mass is 10.3. The molecule has 0 N–H and O–H groups in total. The van der Waals surface area contributed by atoms with Crippen LogP contribution in [0.5, 0.6) is 5.75 Å². The van der Waals surface area contributed by atoms with Crippen molar-refractivity contribution in [2.24, 2.45) is 0 Å². The van der Waals surface area contributed by atoms with E-state index in [9.17, 15) is 4.39 Å². The molecule has 0 fully saturated rings. The molecule has 0 aliphatic carbocycles. The summed E-state index contributed by atoms with van der Waals surface area (Å²) in [6, 6.07) is 2.85. The molecule has 0 unspecified atom stereocenters. The minimum atomic E-state index is -0.440. The molecule has 0 bridgehead atoms. The second-order valence-electron chi connectivity index (χ2n) is 2.11. The third-order valence-corrected chi connectivity index (χ3v) is 2.55. The lowest BCUT2D eigenvalue weighted by Gasteiger charge is -2.07. The standard InChI is InChI=1S/C8H7BrClFO/c1-2-12-8-6(11)4-3-5(9)7(8)10/h3-4H,2H2,1H3. The zero-order chi connectivity index (χ0) is 9.14. The van der Waals surface area contributed by atoms with Gasteiger partial charge in [0.15, 0.2) is 11.6 Å². The molecule has 0 radical (unpaired) electrons. The lowest BCUT2D eigenvalue weighted by molar-refractivity contribution is 0.321. The van der Waals surface area contributed by atoms with Crippen LogP contribution in [0.15, 0.2) is 16.6 Å². The van der Waals surface area contributed by atoms with Crippen molar-refractivity contribution in [1.82, 2.24) is 0 Å². The zero-order valence-corrected chi connectivity index (χ0v) is 8.75. The van der Waals surface area contributed by atoms with Crippen molar-refractivity contribution in [3.05, 3.63) is 27.4 Å². The van der Waals surface area contributed by atoms with Gasteiger partial charge in [-0.2, -0.15) is 0 Å². The third-order valence-electron chi connectivity index (χ3n) is 1.29. The predicted molar refractivity (Wildman–Crippen MR) is 50.3 cm³/mol. The average Bonchev–Trinajstić information content (AvgIpc) is 2.06. The fraction of sp³-hybridized carbons (Fsp3) is 0.250. The van der Waals surface area contributed by atoms with E-state index >= 15 is 0 Å². The molecular formula is C8H7BrClFO. The van der Waals surface area contributed by atoms with E-state index in [2.05, 4.69) is 15.9 Å². The summed E-state index contributed by atoms with van der Waals surface area (Å²) in [6.45, 7) is 2.17. The maximum Gasteiger partial charge on any atom is 0.174 e. The minimum absolute atomic E-state index is 0.105. The summed E-state index contributed by atoms with van der Waals surface area (Å²) in [6.07, 6.45) is 0. The van der Waals surface area contributed by atoms with Gasteiger partial charge in [-0.3, -0.25) is 0 Å². The second kappa shape index (κ2) is 4.10. The van der Waals surface area contributed by atoms with Gasteiger partial charge in [-0.05, 0) is 35.0 Å². The van der Waals surface area contributed by atoms with Crippen LogP contribution in [0.25, 0.3) is 0 Å². The molecule has 0 aliphatic heterocycles. The molecule has 1 rings (SSSR count). The smallest absolute Gasteiger partial charge is 0.174 e. The first-order valence-corrected chi connectivity index (χ1v) is 4.60. The van der Waals surface area contributed by atoms with E-state index in [-0.39, 0.29) is 10.8 Å². The van der Waals surface area contributed by atoms with Crippen molar-refractivity contribution in [2.45, 2.75) is 6.92 Å². The van der Waals surface area contributed by atoms with Crippen LogP contribution < -0.4 is 4.74 Å². The maximum atomic E-state index is 13.0. The van der Waals surface area contributed by atoms with Crippen molar-refractivity contribution < 1.29 is 9.13 Å². The highest BCUT2D eigenvalue weighted by molar-refractivity contribution is 9.10. The number of hydrogen-bond donors (Lipinski definition) is 0. The van der Waals surface area contributed by atoms with E-state index < -0.39 is 5.82 Å². The van der Waals surface area contributed by atoms with Crippen LogP contribution in [0.2, 0.25) is 5.02 Å². The summed E-state index contributed by atoms with van der Waals surface area (Å²) >= 11 is 8.94. The van der Waals surface area contributed by atoms with Crippen molar-refractivity contribution in [3.8, 4) is 5.75 Å². The quantitative estimate of drug-likeness (QED) is 0.731. The first-order chi connectivity index (χ1) is 5.66. The largest absolute Gasteiger partial charge is 0.489 e. The second-order valence-corrected chi connectivity index (χ2v) is 3.34. The van der Waals surface area contributed by atoms with E-state index in [0.717, 1.165) is 0 Å². The maximum absolute atomic E-state index is 13.0. The van der Waals surface area contributed by atoms with Crippen molar-refractivity contribution in [2.75, 3.05) is 6.61 Å². The summed E-state index contributed by atoms with van der Waals surface area (Å²) in [5.74, 6) is -0.335. The Morgan fingerprint density at radius 2 is 2.25 bits per heavy atom. The Morgan fingerprint density at radius 1 is 1.58 bits per heavy atom. The molecule has 0 saturated carbocycles. The molecule has 1 aromatic carbocycles. The van der Waals surface area contributed by atoms with Crippen LogP contribution in [-0.4, -0.2) is 6.61 Å². The van der Waals surface area contributed by atoms with Crippen molar-refractivity contribution >= 4 is 27.5 Å². The van der Waals surface area contributed by atoms with Crippen LogP contribution in [-0.2, 0) is 0 Å². The summed E-state index contributed by atoms with van der Waals surface area (Å²) < 4.78 is 18.6. The fourth-order valence-electron chi connectivity index (χ4n) is 0.785. The van der Waals surface area contributed by atoms with Gasteiger partial charge in [0.05, 0.1) is 11.6 Å². The van der Waals surface area contributed by atoms with Gasteiger partial charge in [-0.15, -0.1) is 0 Å². The average molecular weight is 253 g/mol. The molecule has 1 nitrogen and oxygen atoms in total. The number of halogens is 3. The molecule has 0 saturated heterocycles. The van der Waals surface area contributed by atoms with E-state index in [4.69, 9.17) is 16.3 Å².